The minimum absolute atomic E-state index is 0.0977. The van der Waals surface area contributed by atoms with Crippen LogP contribution in [0.1, 0.15) is 5.56 Å². The Morgan fingerprint density at radius 2 is 2.08 bits per heavy atom. The predicted octanol–water partition coefficient (Wildman–Crippen LogP) is 2.89. The van der Waals surface area contributed by atoms with Gasteiger partial charge in [0.2, 0.25) is 0 Å². The van der Waals surface area contributed by atoms with Crippen molar-refractivity contribution in [2.75, 3.05) is 0 Å². The van der Waals surface area contributed by atoms with Crippen LogP contribution in [-0.2, 0) is 15.6 Å². The molecule has 0 amide bonds. The van der Waals surface area contributed by atoms with E-state index in [4.69, 9.17) is 11.6 Å². The number of alkyl halides is 1. The summed E-state index contributed by atoms with van der Waals surface area (Å²) in [7, 11) is -4.74. The van der Waals surface area contributed by atoms with Crippen LogP contribution < -0.4 is 0 Å². The van der Waals surface area contributed by atoms with Crippen molar-refractivity contribution in [3.63, 3.8) is 0 Å². The zero-order valence-electron chi connectivity index (χ0n) is 6.30. The number of benzene rings is 1. The van der Waals surface area contributed by atoms with Gasteiger partial charge in [0.25, 0.3) is 0 Å². The fourth-order valence-corrected chi connectivity index (χ4v) is 2.81. The predicted molar refractivity (Wildman–Crippen MR) is 52.4 cm³/mol. The maximum absolute atomic E-state index is 12.7. The molecule has 2 nitrogen and oxygen atoms in total. The Hall–Kier alpha value is -0.130. The van der Waals surface area contributed by atoms with Crippen molar-refractivity contribution in [3.05, 3.63) is 28.8 Å². The maximum atomic E-state index is 12.7. The van der Waals surface area contributed by atoms with E-state index in [1.807, 2.05) is 0 Å². The largest absolute Gasteiger partial charge is 0.333 e. The van der Waals surface area contributed by atoms with Gasteiger partial charge in [-0.05, 0) is 11.6 Å². The van der Waals surface area contributed by atoms with E-state index < -0.39 is 15.1 Å². The van der Waals surface area contributed by atoms with Crippen LogP contribution in [0.15, 0.2) is 23.1 Å². The molecule has 0 aromatic heterocycles. The lowest BCUT2D eigenvalue weighted by Gasteiger charge is -2.03. The van der Waals surface area contributed by atoms with Crippen LogP contribution in [0.3, 0.4) is 0 Å². The summed E-state index contributed by atoms with van der Waals surface area (Å²) < 4.78 is 34.0. The first-order chi connectivity index (χ1) is 5.96. The fourth-order valence-electron chi connectivity index (χ4n) is 0.932. The van der Waals surface area contributed by atoms with E-state index in [0.29, 0.717) is 5.56 Å². The van der Waals surface area contributed by atoms with Crippen LogP contribution >= 0.6 is 27.5 Å². The summed E-state index contributed by atoms with van der Waals surface area (Å²) >= 11 is 8.60. The molecule has 1 aromatic carbocycles. The molecule has 0 aliphatic heterocycles. The van der Waals surface area contributed by atoms with Crippen molar-refractivity contribution in [2.45, 2.75) is 10.2 Å². The van der Waals surface area contributed by atoms with Gasteiger partial charge in [-0.1, -0.05) is 39.7 Å². The Kier molecular flexibility index (Phi) is 3.32. The smallest absolute Gasteiger partial charge is 0.189 e. The van der Waals surface area contributed by atoms with Gasteiger partial charge in [-0.3, -0.25) is 0 Å². The molecule has 0 saturated carbocycles. The van der Waals surface area contributed by atoms with Crippen molar-refractivity contribution in [1.29, 1.82) is 0 Å². The Morgan fingerprint density at radius 3 is 2.46 bits per heavy atom. The van der Waals surface area contributed by atoms with E-state index in [9.17, 15) is 12.3 Å². The fraction of sp³-hybridized carbons (Fsp3) is 0.143. The van der Waals surface area contributed by atoms with Gasteiger partial charge in [0.05, 0.1) is 5.02 Å². The molecule has 0 aliphatic carbocycles. The first-order valence-corrected chi connectivity index (χ1v) is 6.13. The molecule has 0 unspecified atom stereocenters. The van der Waals surface area contributed by atoms with Crippen molar-refractivity contribution in [3.8, 4) is 0 Å². The normalized spacial score (nSPS) is 11.6. The van der Waals surface area contributed by atoms with Crippen LogP contribution in [0.25, 0.3) is 0 Å². The minimum Gasteiger partial charge on any atom is -0.189 e. The summed E-state index contributed by atoms with van der Waals surface area (Å²) in [4.78, 5) is -0.450. The third-order valence-corrected chi connectivity index (χ3v) is 3.44. The molecule has 0 spiro atoms. The van der Waals surface area contributed by atoms with Gasteiger partial charge in [0.15, 0.2) is 0 Å². The highest BCUT2D eigenvalue weighted by molar-refractivity contribution is 9.08. The summed E-state index contributed by atoms with van der Waals surface area (Å²) in [6.07, 6.45) is 0. The highest BCUT2D eigenvalue weighted by Crippen LogP contribution is 2.28. The van der Waals surface area contributed by atoms with Crippen molar-refractivity contribution in [2.24, 2.45) is 0 Å². The van der Waals surface area contributed by atoms with E-state index in [-0.39, 0.29) is 10.4 Å². The molecule has 1 rings (SSSR count). The summed E-state index contributed by atoms with van der Waals surface area (Å²) in [5.74, 6) is 0. The maximum Gasteiger partial charge on any atom is 0.333 e. The Labute approximate surface area is 89.1 Å². The molecule has 0 aliphatic rings. The summed E-state index contributed by atoms with van der Waals surface area (Å²) in [6.45, 7) is 0. The molecule has 0 N–H and O–H groups in total. The van der Waals surface area contributed by atoms with Gasteiger partial charge < -0.3 is 0 Å². The first kappa shape index (κ1) is 10.9. The summed E-state index contributed by atoms with van der Waals surface area (Å²) in [5, 5.41) is 0.144. The number of rotatable bonds is 2. The van der Waals surface area contributed by atoms with E-state index in [2.05, 4.69) is 15.9 Å². The highest BCUT2D eigenvalue weighted by Gasteiger charge is 2.20. The summed E-state index contributed by atoms with van der Waals surface area (Å²) in [5.41, 5.74) is 0.315. The van der Waals surface area contributed by atoms with E-state index >= 15 is 0 Å². The molecule has 0 saturated heterocycles. The Morgan fingerprint density at radius 1 is 1.46 bits per heavy atom. The molecule has 0 radical (unpaired) electrons. The quantitative estimate of drug-likeness (QED) is 0.619. The van der Waals surface area contributed by atoms with Gasteiger partial charge in [0.1, 0.15) is 4.90 Å². The average molecular weight is 288 g/mol. The van der Waals surface area contributed by atoms with Gasteiger partial charge >= 0.3 is 10.2 Å². The van der Waals surface area contributed by atoms with E-state index in [1.54, 1.807) is 6.07 Å². The van der Waals surface area contributed by atoms with Gasteiger partial charge in [0, 0.05) is 5.33 Å². The van der Waals surface area contributed by atoms with Crippen LogP contribution in [0, 0.1) is 0 Å². The molecule has 72 valence electrons. The van der Waals surface area contributed by atoms with Crippen molar-refractivity contribution < 1.29 is 12.3 Å². The second kappa shape index (κ2) is 3.94. The molecule has 13 heavy (non-hydrogen) atoms. The Bertz CT molecular complexity index is 419. The highest BCUT2D eigenvalue weighted by atomic mass is 79.9. The lowest BCUT2D eigenvalue weighted by Crippen LogP contribution is -1.98. The molecular weight excluding hydrogens is 282 g/mol. The average Bonchev–Trinajstić information content (AvgIpc) is 2.01. The van der Waals surface area contributed by atoms with Gasteiger partial charge in [-0.2, -0.15) is 8.42 Å². The van der Waals surface area contributed by atoms with E-state index in [1.165, 1.54) is 12.1 Å². The van der Waals surface area contributed by atoms with Crippen LogP contribution in [0.2, 0.25) is 5.02 Å². The van der Waals surface area contributed by atoms with Gasteiger partial charge in [-0.15, -0.1) is 3.89 Å². The standard InChI is InChI=1S/C7H5BrClFO2S/c8-4-5-2-1-3-6(9)7(5)13(10,11)12/h1-3H,4H2. The number of hydrogen-bond acceptors (Lipinski definition) is 2. The number of halogens is 3. The lowest BCUT2D eigenvalue weighted by molar-refractivity contribution is 0.551. The zero-order chi connectivity index (χ0) is 10.1. The molecule has 0 bridgehead atoms. The van der Waals surface area contributed by atoms with Crippen LogP contribution in [0.4, 0.5) is 3.89 Å². The lowest BCUT2D eigenvalue weighted by atomic mass is 10.2. The summed E-state index contributed by atoms with van der Waals surface area (Å²) in [6, 6.07) is 4.39. The number of hydrogen-bond donors (Lipinski definition) is 0. The molecule has 0 atom stereocenters. The van der Waals surface area contributed by atoms with Gasteiger partial charge in [-0.25, -0.2) is 0 Å². The molecule has 1 aromatic rings. The first-order valence-electron chi connectivity index (χ1n) is 3.25. The minimum atomic E-state index is -4.74. The zero-order valence-corrected chi connectivity index (χ0v) is 9.46. The van der Waals surface area contributed by atoms with Crippen molar-refractivity contribution in [1.82, 2.24) is 0 Å². The SMILES string of the molecule is O=S(=O)(F)c1c(Cl)cccc1CBr. The van der Waals surface area contributed by atoms with Crippen LogP contribution in [-0.4, -0.2) is 8.42 Å². The molecular formula is C7H5BrClFO2S. The molecule has 6 heteroatoms. The monoisotopic (exact) mass is 286 g/mol. The second-order valence-corrected chi connectivity index (χ2v) is 4.55. The third-order valence-electron chi connectivity index (χ3n) is 1.44. The van der Waals surface area contributed by atoms with Crippen LogP contribution in [0.5, 0.6) is 0 Å². The Balaban J connectivity index is 3.50. The van der Waals surface area contributed by atoms with Crippen molar-refractivity contribution >= 4 is 37.8 Å². The second-order valence-electron chi connectivity index (χ2n) is 2.30. The third kappa shape index (κ3) is 2.42. The topological polar surface area (TPSA) is 34.1 Å². The van der Waals surface area contributed by atoms with E-state index in [0.717, 1.165) is 0 Å². The molecule has 0 fully saturated rings. The molecule has 0 heterocycles.